The van der Waals surface area contributed by atoms with E-state index in [-0.39, 0.29) is 41.6 Å². The van der Waals surface area contributed by atoms with Crippen LogP contribution in [-0.4, -0.2) is 52.4 Å². The van der Waals surface area contributed by atoms with Gasteiger partial charge in [-0.3, -0.25) is 14.6 Å². The number of carbonyl (C=O) groups excluding carboxylic acids is 1. The third-order valence-electron chi connectivity index (χ3n) is 5.04. The average molecular weight is 353 g/mol. The molecule has 7 nitrogen and oxygen atoms in total. The van der Waals surface area contributed by atoms with Crippen LogP contribution in [-0.2, 0) is 21.2 Å². The van der Waals surface area contributed by atoms with Crippen LogP contribution in [0.2, 0.25) is 0 Å². The number of aromatic nitrogens is 2. The topological polar surface area (TPSA) is 89.3 Å². The Kier molecular flexibility index (Phi) is 4.76. The van der Waals surface area contributed by atoms with Crippen molar-refractivity contribution < 1.29 is 13.2 Å². The van der Waals surface area contributed by atoms with Crippen LogP contribution in [0.1, 0.15) is 37.8 Å². The molecule has 0 radical (unpaired) electrons. The summed E-state index contributed by atoms with van der Waals surface area (Å²) in [6, 6.07) is -0.169. The van der Waals surface area contributed by atoms with E-state index in [4.69, 9.17) is 0 Å². The molecule has 0 unspecified atom stereocenters. The molecule has 2 aliphatic rings. The molecule has 1 saturated carbocycles. The summed E-state index contributed by atoms with van der Waals surface area (Å²) in [6.45, 7) is 1.68. The van der Waals surface area contributed by atoms with Gasteiger partial charge in [0.15, 0.2) is 9.84 Å². The summed E-state index contributed by atoms with van der Waals surface area (Å²) in [4.78, 5) is 30.5. The van der Waals surface area contributed by atoms with Gasteiger partial charge >= 0.3 is 0 Å². The van der Waals surface area contributed by atoms with Crippen LogP contribution in [0, 0.1) is 6.92 Å². The van der Waals surface area contributed by atoms with E-state index in [0.717, 1.165) is 25.7 Å². The molecule has 1 amide bonds. The number of hydrogen-bond acceptors (Lipinski definition) is 5. The largest absolute Gasteiger partial charge is 0.334 e. The zero-order valence-electron chi connectivity index (χ0n) is 13.8. The summed E-state index contributed by atoms with van der Waals surface area (Å²) in [5, 5.41) is 0. The summed E-state index contributed by atoms with van der Waals surface area (Å²) in [6.07, 6.45) is 7.17. The summed E-state index contributed by atoms with van der Waals surface area (Å²) in [5.41, 5.74) is 0.315. The fourth-order valence-electron chi connectivity index (χ4n) is 3.82. The van der Waals surface area contributed by atoms with Crippen LogP contribution in [0.5, 0.6) is 0 Å². The minimum atomic E-state index is -3.07. The molecule has 0 N–H and O–H groups in total. The van der Waals surface area contributed by atoms with Crippen molar-refractivity contribution in [2.75, 3.05) is 11.5 Å². The Morgan fingerprint density at radius 1 is 1.25 bits per heavy atom. The number of carbonyl (C=O) groups is 1. The molecular weight excluding hydrogens is 330 g/mol. The predicted molar refractivity (Wildman–Crippen MR) is 89.4 cm³/mol. The minimum absolute atomic E-state index is 0.0411. The Balaban J connectivity index is 1.85. The summed E-state index contributed by atoms with van der Waals surface area (Å²) in [5.74, 6) is 0.0161. The molecule has 1 saturated heterocycles. The van der Waals surface area contributed by atoms with E-state index in [9.17, 15) is 18.0 Å². The highest BCUT2D eigenvalue weighted by Gasteiger charge is 2.39. The molecule has 2 fully saturated rings. The van der Waals surface area contributed by atoms with Gasteiger partial charge in [0, 0.05) is 24.0 Å². The van der Waals surface area contributed by atoms with E-state index >= 15 is 0 Å². The van der Waals surface area contributed by atoms with Gasteiger partial charge in [-0.2, -0.15) is 0 Å². The molecule has 1 aromatic rings. The Morgan fingerprint density at radius 3 is 2.54 bits per heavy atom. The summed E-state index contributed by atoms with van der Waals surface area (Å²) < 4.78 is 25.1. The van der Waals surface area contributed by atoms with Gasteiger partial charge in [0.25, 0.3) is 5.56 Å². The van der Waals surface area contributed by atoms with Gasteiger partial charge in [-0.05, 0) is 26.2 Å². The quantitative estimate of drug-likeness (QED) is 0.787. The first kappa shape index (κ1) is 17.1. The monoisotopic (exact) mass is 353 g/mol. The van der Waals surface area contributed by atoms with Gasteiger partial charge in [-0.25, -0.2) is 8.42 Å². The highest BCUT2D eigenvalue weighted by Crippen LogP contribution is 2.29. The van der Waals surface area contributed by atoms with E-state index in [1.54, 1.807) is 18.0 Å². The van der Waals surface area contributed by atoms with Crippen molar-refractivity contribution in [3.05, 3.63) is 28.4 Å². The molecule has 132 valence electrons. The first-order valence-electron chi connectivity index (χ1n) is 8.40. The predicted octanol–water partition coefficient (Wildman–Crippen LogP) is 0.510. The first-order valence-corrected chi connectivity index (χ1v) is 10.2. The normalized spacial score (nSPS) is 23.5. The van der Waals surface area contributed by atoms with Crippen LogP contribution in [0.15, 0.2) is 17.2 Å². The second-order valence-corrected chi connectivity index (χ2v) is 9.00. The zero-order chi connectivity index (χ0) is 17.3. The van der Waals surface area contributed by atoms with Crippen molar-refractivity contribution in [2.45, 2.75) is 57.7 Å². The second-order valence-electron chi connectivity index (χ2n) is 6.77. The van der Waals surface area contributed by atoms with E-state index in [1.807, 2.05) is 0 Å². The van der Waals surface area contributed by atoms with Gasteiger partial charge in [-0.1, -0.05) is 12.8 Å². The van der Waals surface area contributed by atoms with E-state index < -0.39 is 9.84 Å². The van der Waals surface area contributed by atoms with Crippen LogP contribution in [0.4, 0.5) is 0 Å². The number of nitrogens with zero attached hydrogens (tertiary/aromatic N) is 3. The lowest BCUT2D eigenvalue weighted by Crippen LogP contribution is -2.49. The molecule has 0 bridgehead atoms. The number of aryl methyl sites for hydroxylation is 1. The smallest absolute Gasteiger partial charge is 0.269 e. The molecule has 1 aliphatic carbocycles. The Morgan fingerprint density at radius 2 is 1.96 bits per heavy atom. The molecule has 24 heavy (non-hydrogen) atoms. The maximum absolute atomic E-state index is 13.0. The molecule has 1 aliphatic heterocycles. The molecule has 2 heterocycles. The van der Waals surface area contributed by atoms with Crippen molar-refractivity contribution in [2.24, 2.45) is 0 Å². The van der Waals surface area contributed by atoms with Gasteiger partial charge in [0.2, 0.25) is 5.91 Å². The van der Waals surface area contributed by atoms with E-state index in [1.165, 1.54) is 10.8 Å². The third kappa shape index (κ3) is 3.53. The van der Waals surface area contributed by atoms with Crippen molar-refractivity contribution in [1.29, 1.82) is 0 Å². The number of amides is 1. The Labute approximate surface area is 141 Å². The Hall–Kier alpha value is -1.70. The van der Waals surface area contributed by atoms with Crippen molar-refractivity contribution >= 4 is 15.7 Å². The Bertz CT molecular complexity index is 781. The third-order valence-corrected chi connectivity index (χ3v) is 6.79. The highest BCUT2D eigenvalue weighted by molar-refractivity contribution is 7.91. The average Bonchev–Trinajstić information content (AvgIpc) is 3.14. The highest BCUT2D eigenvalue weighted by atomic mass is 32.2. The second kappa shape index (κ2) is 6.66. The maximum atomic E-state index is 13.0. The lowest BCUT2D eigenvalue weighted by atomic mass is 10.1. The lowest BCUT2D eigenvalue weighted by Gasteiger charge is -2.34. The van der Waals surface area contributed by atoms with Gasteiger partial charge in [0.05, 0.1) is 17.7 Å². The van der Waals surface area contributed by atoms with E-state index in [2.05, 4.69) is 4.98 Å². The number of rotatable bonds is 4. The van der Waals surface area contributed by atoms with Crippen LogP contribution in [0.3, 0.4) is 0 Å². The fourth-order valence-corrected chi connectivity index (χ4v) is 5.54. The van der Waals surface area contributed by atoms with Crippen molar-refractivity contribution in [3.8, 4) is 0 Å². The molecule has 8 heteroatoms. The number of sulfone groups is 1. The van der Waals surface area contributed by atoms with Crippen molar-refractivity contribution in [3.63, 3.8) is 0 Å². The summed E-state index contributed by atoms with van der Waals surface area (Å²) >= 11 is 0. The molecule has 0 spiro atoms. The molecule has 3 rings (SSSR count). The zero-order valence-corrected chi connectivity index (χ0v) is 14.7. The standard InChI is InChI=1S/C16H23N3O4S/c1-12-8-17-9-15(20)18(12)10-16(21)19(13-4-2-3-5-13)14-6-7-24(22,23)11-14/h8-9,13-14H,2-7,10-11H2,1H3/t14-/m0/s1. The molecule has 0 aromatic carbocycles. The molecule has 1 aromatic heterocycles. The van der Waals surface area contributed by atoms with Crippen LogP contribution in [0.25, 0.3) is 0 Å². The van der Waals surface area contributed by atoms with Gasteiger partial charge in [-0.15, -0.1) is 0 Å². The SMILES string of the molecule is Cc1cncc(=O)n1CC(=O)N(C1CCCC1)[C@H]1CCS(=O)(=O)C1. The van der Waals surface area contributed by atoms with Crippen molar-refractivity contribution in [1.82, 2.24) is 14.5 Å². The van der Waals surface area contributed by atoms with Crippen LogP contribution >= 0.6 is 0 Å². The summed E-state index contributed by atoms with van der Waals surface area (Å²) in [7, 11) is -3.07. The lowest BCUT2D eigenvalue weighted by molar-refractivity contribution is -0.136. The van der Waals surface area contributed by atoms with Crippen LogP contribution < -0.4 is 5.56 Å². The van der Waals surface area contributed by atoms with Gasteiger partial charge < -0.3 is 9.47 Å². The molecular formula is C16H23N3O4S. The number of hydrogen-bond donors (Lipinski definition) is 0. The first-order chi connectivity index (χ1) is 11.4. The maximum Gasteiger partial charge on any atom is 0.269 e. The fraction of sp³-hybridized carbons (Fsp3) is 0.688. The van der Waals surface area contributed by atoms with Gasteiger partial charge in [0.1, 0.15) is 6.54 Å². The minimum Gasteiger partial charge on any atom is -0.334 e. The van der Waals surface area contributed by atoms with E-state index in [0.29, 0.717) is 12.1 Å². The molecule has 1 atom stereocenters.